The summed E-state index contributed by atoms with van der Waals surface area (Å²) in [7, 11) is 0. The van der Waals surface area contributed by atoms with E-state index in [4.69, 9.17) is 28.4 Å². The van der Waals surface area contributed by atoms with Gasteiger partial charge in [-0.2, -0.15) is 0 Å². The highest BCUT2D eigenvalue weighted by molar-refractivity contribution is 5.88. The summed E-state index contributed by atoms with van der Waals surface area (Å²) < 4.78 is 34.1. The fraction of sp³-hybridized carbons (Fsp3) is 0.688. The Labute approximate surface area is 268 Å². The molecular formula is C32H48O14. The van der Waals surface area contributed by atoms with E-state index in [0.717, 1.165) is 0 Å². The number of ether oxygens (including phenoxy) is 6. The Morgan fingerprint density at radius 3 is 1.33 bits per heavy atom. The van der Waals surface area contributed by atoms with Gasteiger partial charge in [-0.05, 0) is 53.4 Å². The quantitative estimate of drug-likeness (QED) is 0.172. The summed E-state index contributed by atoms with van der Waals surface area (Å²) in [5, 5.41) is 63.2. The number of aliphatic hydroxyl groups is 6. The molecule has 0 amide bonds. The second-order valence-electron chi connectivity index (χ2n) is 12.3. The molecule has 6 N–H and O–H groups in total. The summed E-state index contributed by atoms with van der Waals surface area (Å²) in [5.41, 5.74) is -1.82. The fourth-order valence-corrected chi connectivity index (χ4v) is 5.11. The van der Waals surface area contributed by atoms with Crippen LogP contribution in [0.5, 0.6) is 0 Å². The Morgan fingerprint density at radius 2 is 1.00 bits per heavy atom. The molecule has 0 saturated carbocycles. The van der Waals surface area contributed by atoms with Crippen molar-refractivity contribution >= 4 is 11.9 Å². The maximum absolute atomic E-state index is 12.7. The molecule has 14 nitrogen and oxygen atoms in total. The predicted molar refractivity (Wildman–Crippen MR) is 161 cm³/mol. The smallest absolute Gasteiger partial charge is 0.333 e. The van der Waals surface area contributed by atoms with Gasteiger partial charge in [0.15, 0.2) is 12.6 Å². The van der Waals surface area contributed by atoms with Crippen LogP contribution in [0, 0.1) is 0 Å². The molecule has 260 valence electrons. The maximum atomic E-state index is 12.7. The molecule has 12 atom stereocenters. The maximum Gasteiger partial charge on any atom is 0.333 e. The van der Waals surface area contributed by atoms with Gasteiger partial charge in [0, 0.05) is 11.1 Å². The predicted octanol–water partition coefficient (Wildman–Crippen LogP) is 0.0772. The Morgan fingerprint density at radius 1 is 0.652 bits per heavy atom. The number of fused-ring (bicyclic) bond motifs is 4. The van der Waals surface area contributed by atoms with Crippen LogP contribution < -0.4 is 0 Å². The first-order valence-electron chi connectivity index (χ1n) is 15.2. The second-order valence-corrected chi connectivity index (χ2v) is 12.3. The Kier molecular flexibility index (Phi) is 13.3. The topological polar surface area (TPSA) is 211 Å². The number of carbonyl (C=O) groups is 2. The van der Waals surface area contributed by atoms with Gasteiger partial charge in [-0.15, -0.1) is 13.2 Å². The van der Waals surface area contributed by atoms with E-state index < -0.39 is 97.8 Å². The van der Waals surface area contributed by atoms with Crippen LogP contribution in [0.1, 0.15) is 53.4 Å². The number of hydrogen-bond acceptors (Lipinski definition) is 14. The summed E-state index contributed by atoms with van der Waals surface area (Å²) in [6.45, 7) is 13.0. The third-order valence-electron chi connectivity index (χ3n) is 8.56. The monoisotopic (exact) mass is 656 g/mol. The van der Waals surface area contributed by atoms with Gasteiger partial charge in [0.1, 0.15) is 62.0 Å². The lowest BCUT2D eigenvalue weighted by molar-refractivity contribution is -0.320. The molecule has 2 saturated heterocycles. The highest BCUT2D eigenvalue weighted by Crippen LogP contribution is 2.31. The molecule has 3 aliphatic rings. The second kappa shape index (κ2) is 16.1. The molecule has 3 aliphatic heterocycles. The minimum absolute atomic E-state index is 0.219. The van der Waals surface area contributed by atoms with E-state index in [1.54, 1.807) is 26.0 Å². The van der Waals surface area contributed by atoms with E-state index in [1.165, 1.54) is 26.0 Å². The van der Waals surface area contributed by atoms with E-state index in [-0.39, 0.29) is 36.8 Å². The van der Waals surface area contributed by atoms with Gasteiger partial charge in [-0.1, -0.05) is 24.3 Å². The molecule has 0 aromatic rings. The largest absolute Gasteiger partial charge is 0.459 e. The van der Waals surface area contributed by atoms with Crippen LogP contribution in [-0.2, 0) is 38.0 Å². The molecule has 46 heavy (non-hydrogen) atoms. The van der Waals surface area contributed by atoms with Gasteiger partial charge in [0.25, 0.3) is 0 Å². The number of hydrogen-bond donors (Lipinski definition) is 6. The molecular weight excluding hydrogens is 608 g/mol. The summed E-state index contributed by atoms with van der Waals surface area (Å²) in [6.07, 6.45) is -7.94. The van der Waals surface area contributed by atoms with Crippen LogP contribution in [0.25, 0.3) is 0 Å². The Bertz CT molecular complexity index is 1070. The van der Waals surface area contributed by atoms with Crippen LogP contribution >= 0.6 is 0 Å². The molecule has 0 aromatic heterocycles. The van der Waals surface area contributed by atoms with E-state index in [0.29, 0.717) is 0 Å². The lowest BCUT2D eigenvalue weighted by Gasteiger charge is -2.43. The molecule has 0 radical (unpaired) electrons. The molecule has 4 bridgehead atoms. The number of aliphatic hydroxyl groups excluding tert-OH is 6. The van der Waals surface area contributed by atoms with Gasteiger partial charge in [-0.25, -0.2) is 9.59 Å². The van der Waals surface area contributed by atoms with Crippen molar-refractivity contribution in [3.63, 3.8) is 0 Å². The van der Waals surface area contributed by atoms with Gasteiger partial charge >= 0.3 is 11.9 Å². The summed E-state index contributed by atoms with van der Waals surface area (Å²) in [4.78, 5) is 25.5. The van der Waals surface area contributed by atoms with Crippen LogP contribution in [0.2, 0.25) is 0 Å². The average Bonchev–Trinajstić information content (AvgIpc) is 3.03. The minimum atomic E-state index is -1.66. The summed E-state index contributed by atoms with van der Waals surface area (Å²) >= 11 is 0. The van der Waals surface area contributed by atoms with Gasteiger partial charge < -0.3 is 59.1 Å². The zero-order valence-electron chi connectivity index (χ0n) is 26.7. The third-order valence-corrected chi connectivity index (χ3v) is 8.56. The third kappa shape index (κ3) is 9.31. The molecule has 12 unspecified atom stereocenters. The van der Waals surface area contributed by atoms with Gasteiger partial charge in [0.05, 0.1) is 11.2 Å². The van der Waals surface area contributed by atoms with Crippen molar-refractivity contribution in [2.24, 2.45) is 0 Å². The molecule has 3 rings (SSSR count). The summed E-state index contributed by atoms with van der Waals surface area (Å²) in [5.74, 6) is -1.44. The zero-order valence-corrected chi connectivity index (χ0v) is 26.7. The first kappa shape index (κ1) is 38.0. The van der Waals surface area contributed by atoms with Crippen LogP contribution in [0.15, 0.2) is 48.6 Å². The molecule has 0 aromatic carbocycles. The van der Waals surface area contributed by atoms with Crippen LogP contribution in [0.3, 0.4) is 0 Å². The first-order valence-corrected chi connectivity index (χ1v) is 15.2. The number of allylic oxidation sites excluding steroid dienone is 2. The fourth-order valence-electron chi connectivity index (χ4n) is 5.11. The van der Waals surface area contributed by atoms with E-state index in [9.17, 15) is 40.2 Å². The highest BCUT2D eigenvalue weighted by atomic mass is 16.7. The number of rotatable bonds is 2. The zero-order chi connectivity index (χ0) is 34.4. The van der Waals surface area contributed by atoms with Crippen molar-refractivity contribution in [2.45, 2.75) is 126 Å². The van der Waals surface area contributed by atoms with E-state index in [1.807, 2.05) is 0 Å². The van der Waals surface area contributed by atoms with Crippen molar-refractivity contribution in [1.82, 2.24) is 0 Å². The van der Waals surface area contributed by atoms with E-state index in [2.05, 4.69) is 13.2 Å². The number of cyclic esters (lactones) is 2. The number of esters is 2. The molecule has 14 heteroatoms. The molecule has 0 spiro atoms. The van der Waals surface area contributed by atoms with Gasteiger partial charge in [-0.3, -0.25) is 0 Å². The van der Waals surface area contributed by atoms with Crippen molar-refractivity contribution in [1.29, 1.82) is 0 Å². The van der Waals surface area contributed by atoms with Crippen molar-refractivity contribution in [2.75, 3.05) is 13.2 Å². The molecule has 2 fully saturated rings. The van der Waals surface area contributed by atoms with Crippen LogP contribution in [0.4, 0.5) is 0 Å². The van der Waals surface area contributed by atoms with Crippen LogP contribution in [-0.4, -0.2) is 128 Å². The van der Waals surface area contributed by atoms with Crippen molar-refractivity contribution < 1.29 is 68.6 Å². The highest BCUT2D eigenvalue weighted by Gasteiger charge is 2.48. The molecule has 3 heterocycles. The standard InChI is InChI=1S/C32H48O14/c1-7-31(5)13-9-11-17(3)27(39)42-16-20-22(34)24(36)26(38)30(44-20)46-32(6,8-2)14-10-12-18(4)28(40)41-15-19-21(33)23(35)25(37)29(43-19)45-31/h7-8,11-12,19-26,29-30,33-38H,1-2,9-10,13-16H2,3-6H3/b17-11+,18-12+. The normalized spacial score (nSPS) is 45.0. The van der Waals surface area contributed by atoms with Crippen molar-refractivity contribution in [3.8, 4) is 0 Å². The SMILES string of the molecule is C=CC1(C)CC/C=C(\C)C(=O)OCC2OC(OC(C)(C=C)CC/C=C(\C)C(=O)OCC3OC(O1)C(O)C(O)C3O)C(O)C(O)C2O. The summed E-state index contributed by atoms with van der Waals surface area (Å²) in [6, 6.07) is 0. The molecule has 0 aliphatic carbocycles. The minimum Gasteiger partial charge on any atom is -0.459 e. The van der Waals surface area contributed by atoms with Crippen molar-refractivity contribution in [3.05, 3.63) is 48.6 Å². The average molecular weight is 657 g/mol. The van der Waals surface area contributed by atoms with Gasteiger partial charge in [0.2, 0.25) is 0 Å². The van der Waals surface area contributed by atoms with E-state index >= 15 is 0 Å². The lowest BCUT2D eigenvalue weighted by atomic mass is 9.96. The number of carbonyl (C=O) groups excluding carboxylic acids is 2. The first-order chi connectivity index (χ1) is 21.5. The Hall–Kier alpha value is -2.50. The Balaban J connectivity index is 1.87. The lowest BCUT2D eigenvalue weighted by Crippen LogP contribution is -2.60.